The molecule has 0 spiro atoms. The van der Waals surface area contributed by atoms with Crippen molar-refractivity contribution < 1.29 is 0 Å². The largest absolute Gasteiger partial charge is 0.305 e. The lowest BCUT2D eigenvalue weighted by Gasteiger charge is -2.15. The Morgan fingerprint density at radius 2 is 2.00 bits per heavy atom. The molecule has 0 aliphatic rings. The molecule has 0 aliphatic heterocycles. The number of hydrogen-bond donors (Lipinski definition) is 1. The molecule has 0 aromatic heterocycles. The summed E-state index contributed by atoms with van der Waals surface area (Å²) in [6.45, 7) is 1.98. The molecule has 1 nitrogen and oxygen atoms in total. The standard InChI is InChI=1S/C11H15Cl2NS/c1-14(6-7-15)5-4-9-2-3-10(12)8-11(9)13/h2-3,8,15H,4-7H2,1H3. The smallest absolute Gasteiger partial charge is 0.0453 e. The number of halogens is 2. The van der Waals surface area contributed by atoms with Gasteiger partial charge in [0.2, 0.25) is 0 Å². The Kier molecular flexibility index (Phi) is 5.83. The van der Waals surface area contributed by atoms with E-state index in [1.807, 2.05) is 12.1 Å². The van der Waals surface area contributed by atoms with Crippen LogP contribution >= 0.6 is 35.8 Å². The molecule has 0 saturated carbocycles. The van der Waals surface area contributed by atoms with E-state index in [0.29, 0.717) is 5.02 Å². The van der Waals surface area contributed by atoms with Crippen molar-refractivity contribution in [2.45, 2.75) is 6.42 Å². The van der Waals surface area contributed by atoms with Gasteiger partial charge in [0.15, 0.2) is 0 Å². The van der Waals surface area contributed by atoms with Gasteiger partial charge in [0.25, 0.3) is 0 Å². The summed E-state index contributed by atoms with van der Waals surface area (Å²) < 4.78 is 0. The third-order valence-electron chi connectivity index (χ3n) is 2.26. The van der Waals surface area contributed by atoms with E-state index in [1.54, 1.807) is 6.07 Å². The number of nitrogens with zero attached hydrogens (tertiary/aromatic N) is 1. The predicted molar refractivity (Wildman–Crippen MR) is 71.5 cm³/mol. The minimum atomic E-state index is 0.687. The summed E-state index contributed by atoms with van der Waals surface area (Å²) in [6.07, 6.45) is 0.945. The van der Waals surface area contributed by atoms with Gasteiger partial charge in [-0.3, -0.25) is 0 Å². The van der Waals surface area contributed by atoms with Crippen LogP contribution in [-0.4, -0.2) is 30.8 Å². The molecule has 1 rings (SSSR count). The van der Waals surface area contributed by atoms with Gasteiger partial charge in [0.1, 0.15) is 0 Å². The molecule has 0 heterocycles. The maximum atomic E-state index is 6.07. The van der Waals surface area contributed by atoms with Crippen LogP contribution < -0.4 is 0 Å². The van der Waals surface area contributed by atoms with Crippen LogP contribution in [-0.2, 0) is 6.42 Å². The third kappa shape index (κ3) is 4.64. The van der Waals surface area contributed by atoms with Gasteiger partial charge in [0.05, 0.1) is 0 Å². The fraction of sp³-hybridized carbons (Fsp3) is 0.455. The molecule has 1 aromatic rings. The highest BCUT2D eigenvalue weighted by Crippen LogP contribution is 2.21. The van der Waals surface area contributed by atoms with Crippen molar-refractivity contribution in [3.63, 3.8) is 0 Å². The molecule has 0 N–H and O–H groups in total. The quantitative estimate of drug-likeness (QED) is 0.798. The van der Waals surface area contributed by atoms with Gasteiger partial charge in [-0.05, 0) is 31.2 Å². The van der Waals surface area contributed by atoms with E-state index >= 15 is 0 Å². The van der Waals surface area contributed by atoms with E-state index in [-0.39, 0.29) is 0 Å². The van der Waals surface area contributed by atoms with Gasteiger partial charge in [-0.15, -0.1) is 0 Å². The SMILES string of the molecule is CN(CCS)CCc1ccc(Cl)cc1Cl. The summed E-state index contributed by atoms with van der Waals surface area (Å²) in [5.74, 6) is 0.880. The lowest BCUT2D eigenvalue weighted by Crippen LogP contribution is -2.23. The molecule has 0 aliphatic carbocycles. The summed E-state index contributed by atoms with van der Waals surface area (Å²) in [5.41, 5.74) is 1.15. The highest BCUT2D eigenvalue weighted by Gasteiger charge is 2.03. The number of thiol groups is 1. The summed E-state index contributed by atoms with van der Waals surface area (Å²) >= 11 is 16.1. The summed E-state index contributed by atoms with van der Waals surface area (Å²) in [7, 11) is 2.08. The fourth-order valence-electron chi connectivity index (χ4n) is 1.32. The van der Waals surface area contributed by atoms with E-state index in [9.17, 15) is 0 Å². The van der Waals surface area contributed by atoms with E-state index in [1.165, 1.54) is 0 Å². The highest BCUT2D eigenvalue weighted by molar-refractivity contribution is 7.80. The van der Waals surface area contributed by atoms with Gasteiger partial charge in [0, 0.05) is 28.9 Å². The van der Waals surface area contributed by atoms with Gasteiger partial charge in [-0.25, -0.2) is 0 Å². The van der Waals surface area contributed by atoms with Crippen LogP contribution in [0.5, 0.6) is 0 Å². The maximum Gasteiger partial charge on any atom is 0.0453 e. The molecule has 0 atom stereocenters. The zero-order valence-corrected chi connectivity index (χ0v) is 11.1. The van der Waals surface area contributed by atoms with E-state index in [2.05, 4.69) is 24.6 Å². The van der Waals surface area contributed by atoms with E-state index in [0.717, 1.165) is 35.8 Å². The second kappa shape index (κ2) is 6.64. The van der Waals surface area contributed by atoms with E-state index in [4.69, 9.17) is 23.2 Å². The van der Waals surface area contributed by atoms with Crippen molar-refractivity contribution in [3.8, 4) is 0 Å². The molecule has 0 saturated heterocycles. The van der Waals surface area contributed by atoms with Crippen molar-refractivity contribution in [1.82, 2.24) is 4.90 Å². The van der Waals surface area contributed by atoms with Crippen LogP contribution in [0.4, 0.5) is 0 Å². The van der Waals surface area contributed by atoms with Crippen molar-refractivity contribution in [2.75, 3.05) is 25.9 Å². The Hall–Kier alpha value is 0.110. The zero-order chi connectivity index (χ0) is 11.3. The van der Waals surface area contributed by atoms with Crippen molar-refractivity contribution in [1.29, 1.82) is 0 Å². The van der Waals surface area contributed by atoms with Crippen LogP contribution in [0.25, 0.3) is 0 Å². The molecule has 0 amide bonds. The Bertz CT molecular complexity index is 317. The van der Waals surface area contributed by atoms with Crippen LogP contribution in [0.1, 0.15) is 5.56 Å². The summed E-state index contributed by atoms with van der Waals surface area (Å²) in [5, 5.41) is 1.44. The molecule has 0 radical (unpaired) electrons. The molecule has 0 unspecified atom stereocenters. The van der Waals surface area contributed by atoms with Crippen LogP contribution in [0.3, 0.4) is 0 Å². The van der Waals surface area contributed by atoms with Crippen molar-refractivity contribution in [2.24, 2.45) is 0 Å². The Morgan fingerprint density at radius 1 is 1.27 bits per heavy atom. The minimum absolute atomic E-state index is 0.687. The number of hydrogen-bond acceptors (Lipinski definition) is 2. The molecule has 84 valence electrons. The van der Waals surface area contributed by atoms with Gasteiger partial charge >= 0.3 is 0 Å². The van der Waals surface area contributed by atoms with Crippen molar-refractivity contribution >= 4 is 35.8 Å². The first kappa shape index (κ1) is 13.2. The first-order chi connectivity index (χ1) is 7.13. The maximum absolute atomic E-state index is 6.07. The monoisotopic (exact) mass is 263 g/mol. The second-order valence-electron chi connectivity index (χ2n) is 3.51. The molecular weight excluding hydrogens is 249 g/mol. The van der Waals surface area contributed by atoms with Gasteiger partial charge in [-0.1, -0.05) is 29.3 Å². The third-order valence-corrected chi connectivity index (χ3v) is 3.05. The van der Waals surface area contributed by atoms with Gasteiger partial charge in [-0.2, -0.15) is 12.6 Å². The molecule has 0 bridgehead atoms. The number of rotatable bonds is 5. The second-order valence-corrected chi connectivity index (χ2v) is 4.80. The first-order valence-electron chi connectivity index (χ1n) is 4.87. The zero-order valence-electron chi connectivity index (χ0n) is 8.71. The normalized spacial score (nSPS) is 11.0. The Labute approximate surface area is 107 Å². The molecular formula is C11H15Cl2NS. The lowest BCUT2D eigenvalue weighted by molar-refractivity contribution is 0.361. The average molecular weight is 264 g/mol. The van der Waals surface area contributed by atoms with Crippen LogP contribution in [0.2, 0.25) is 10.0 Å². The topological polar surface area (TPSA) is 3.24 Å². The fourth-order valence-corrected chi connectivity index (χ4v) is 2.16. The predicted octanol–water partition coefficient (Wildman–Crippen LogP) is 3.40. The van der Waals surface area contributed by atoms with Gasteiger partial charge < -0.3 is 4.90 Å². The lowest BCUT2D eigenvalue weighted by atomic mass is 10.1. The Balaban J connectivity index is 2.50. The average Bonchev–Trinajstić information content (AvgIpc) is 2.17. The molecule has 4 heteroatoms. The minimum Gasteiger partial charge on any atom is -0.305 e. The van der Waals surface area contributed by atoms with Crippen LogP contribution in [0.15, 0.2) is 18.2 Å². The number of likely N-dealkylation sites (N-methyl/N-ethyl adjacent to an activating group) is 1. The molecule has 1 aromatic carbocycles. The summed E-state index contributed by atoms with van der Waals surface area (Å²) in [6, 6.07) is 5.65. The Morgan fingerprint density at radius 3 is 2.60 bits per heavy atom. The molecule has 0 fully saturated rings. The van der Waals surface area contributed by atoms with E-state index < -0.39 is 0 Å². The summed E-state index contributed by atoms with van der Waals surface area (Å²) in [4.78, 5) is 2.23. The number of benzene rings is 1. The van der Waals surface area contributed by atoms with Crippen LogP contribution in [0, 0.1) is 0 Å². The molecule has 15 heavy (non-hydrogen) atoms. The van der Waals surface area contributed by atoms with Crippen molar-refractivity contribution in [3.05, 3.63) is 33.8 Å². The first-order valence-corrected chi connectivity index (χ1v) is 6.25. The highest BCUT2D eigenvalue weighted by atomic mass is 35.5.